The van der Waals surface area contributed by atoms with Gasteiger partial charge in [0.25, 0.3) is 0 Å². The molecule has 1 aliphatic carbocycles. The van der Waals surface area contributed by atoms with Crippen LogP contribution in [-0.4, -0.2) is 12.4 Å². The molecule has 0 aliphatic heterocycles. The van der Waals surface area contributed by atoms with Crippen molar-refractivity contribution in [1.29, 1.82) is 0 Å². The predicted molar refractivity (Wildman–Crippen MR) is 46.7 cm³/mol. The number of hydrogen-bond acceptors (Lipinski definition) is 0. The Morgan fingerprint density at radius 1 is 1.00 bits per heavy atom. The Hall–Kier alpha value is -0.420. The zero-order valence-electron chi connectivity index (χ0n) is 9.04. The SMILES string of the molecule is C[C@@H]1C[C@H](C(F)(F)F)CC(C)(C(F)(F)F)C1. The quantitative estimate of drug-likeness (QED) is 0.551. The van der Waals surface area contributed by atoms with Crippen molar-refractivity contribution >= 4 is 0 Å². The summed E-state index contributed by atoms with van der Waals surface area (Å²) in [6.07, 6.45) is -10.4. The van der Waals surface area contributed by atoms with Crippen molar-refractivity contribution in [2.75, 3.05) is 0 Å². The minimum Gasteiger partial charge on any atom is -0.171 e. The van der Waals surface area contributed by atoms with E-state index >= 15 is 0 Å². The van der Waals surface area contributed by atoms with Crippen LogP contribution >= 0.6 is 0 Å². The molecule has 96 valence electrons. The molecule has 1 aliphatic rings. The van der Waals surface area contributed by atoms with Gasteiger partial charge in [0.1, 0.15) is 0 Å². The van der Waals surface area contributed by atoms with Gasteiger partial charge in [0, 0.05) is 0 Å². The lowest BCUT2D eigenvalue weighted by Crippen LogP contribution is -2.45. The van der Waals surface area contributed by atoms with Gasteiger partial charge in [-0.05, 0) is 25.2 Å². The van der Waals surface area contributed by atoms with Crippen molar-refractivity contribution in [3.05, 3.63) is 0 Å². The summed E-state index contributed by atoms with van der Waals surface area (Å²) in [6.45, 7) is 2.34. The van der Waals surface area contributed by atoms with Crippen LogP contribution in [0.1, 0.15) is 33.1 Å². The topological polar surface area (TPSA) is 0 Å². The molecule has 16 heavy (non-hydrogen) atoms. The summed E-state index contributed by atoms with van der Waals surface area (Å²) in [6, 6.07) is 0. The molecular weight excluding hydrogens is 234 g/mol. The maximum Gasteiger partial charge on any atom is 0.394 e. The van der Waals surface area contributed by atoms with E-state index in [9.17, 15) is 26.3 Å². The zero-order chi connectivity index (χ0) is 12.8. The van der Waals surface area contributed by atoms with Crippen molar-refractivity contribution in [1.82, 2.24) is 0 Å². The van der Waals surface area contributed by atoms with Gasteiger partial charge in [-0.3, -0.25) is 0 Å². The summed E-state index contributed by atoms with van der Waals surface area (Å²) in [5, 5.41) is 0. The van der Waals surface area contributed by atoms with Gasteiger partial charge in [-0.1, -0.05) is 13.8 Å². The largest absolute Gasteiger partial charge is 0.394 e. The lowest BCUT2D eigenvalue weighted by molar-refractivity contribution is -0.262. The molecule has 1 saturated carbocycles. The van der Waals surface area contributed by atoms with Crippen molar-refractivity contribution in [3.63, 3.8) is 0 Å². The van der Waals surface area contributed by atoms with Crippen LogP contribution in [0.25, 0.3) is 0 Å². The molecule has 1 unspecified atom stereocenters. The number of halogens is 6. The Kier molecular flexibility index (Phi) is 3.25. The van der Waals surface area contributed by atoms with E-state index in [0.29, 0.717) is 0 Å². The second kappa shape index (κ2) is 3.81. The molecule has 0 N–H and O–H groups in total. The third-order valence-corrected chi connectivity index (χ3v) is 3.33. The molecule has 1 fully saturated rings. The van der Waals surface area contributed by atoms with E-state index in [1.165, 1.54) is 6.92 Å². The minimum atomic E-state index is -4.56. The van der Waals surface area contributed by atoms with Crippen LogP contribution < -0.4 is 0 Å². The monoisotopic (exact) mass is 248 g/mol. The number of hydrogen-bond donors (Lipinski definition) is 0. The first-order valence-electron chi connectivity index (χ1n) is 5.09. The van der Waals surface area contributed by atoms with Gasteiger partial charge in [-0.15, -0.1) is 0 Å². The fraction of sp³-hybridized carbons (Fsp3) is 1.00. The van der Waals surface area contributed by atoms with E-state index in [-0.39, 0.29) is 12.8 Å². The molecule has 0 amide bonds. The fourth-order valence-electron chi connectivity index (χ4n) is 2.53. The van der Waals surface area contributed by atoms with Gasteiger partial charge in [0.05, 0.1) is 11.3 Å². The lowest BCUT2D eigenvalue weighted by Gasteiger charge is -2.42. The molecule has 0 spiro atoms. The van der Waals surface area contributed by atoms with E-state index in [0.717, 1.165) is 6.92 Å². The highest BCUT2D eigenvalue weighted by molar-refractivity contribution is 4.92. The highest BCUT2D eigenvalue weighted by atomic mass is 19.4. The Morgan fingerprint density at radius 3 is 1.88 bits per heavy atom. The summed E-state index contributed by atoms with van der Waals surface area (Å²) in [5.41, 5.74) is -2.20. The van der Waals surface area contributed by atoms with Crippen LogP contribution in [0, 0.1) is 17.3 Å². The maximum atomic E-state index is 12.7. The van der Waals surface area contributed by atoms with Crippen LogP contribution in [0.4, 0.5) is 26.3 Å². The zero-order valence-corrected chi connectivity index (χ0v) is 9.04. The number of alkyl halides is 6. The van der Waals surface area contributed by atoms with Gasteiger partial charge in [0.2, 0.25) is 0 Å². The van der Waals surface area contributed by atoms with E-state index in [2.05, 4.69) is 0 Å². The highest BCUT2D eigenvalue weighted by Gasteiger charge is 2.58. The molecule has 0 bridgehead atoms. The average Bonchev–Trinajstić information content (AvgIpc) is 1.98. The van der Waals surface area contributed by atoms with Crippen molar-refractivity contribution < 1.29 is 26.3 Å². The molecule has 0 heterocycles. The molecule has 0 saturated heterocycles. The Morgan fingerprint density at radius 2 is 1.50 bits per heavy atom. The summed E-state index contributed by atoms with van der Waals surface area (Å²) < 4.78 is 75.5. The standard InChI is InChI=1S/C10H14F6/c1-6-3-7(9(11,12)13)5-8(2,4-6)10(14,15)16/h6-7H,3-5H2,1-2H3/t6-,7+,8?/m1/s1. The first kappa shape index (κ1) is 13.6. The molecule has 0 radical (unpaired) electrons. The van der Waals surface area contributed by atoms with Crippen molar-refractivity contribution in [3.8, 4) is 0 Å². The highest BCUT2D eigenvalue weighted by Crippen LogP contribution is 2.54. The number of rotatable bonds is 0. The van der Waals surface area contributed by atoms with E-state index in [1.54, 1.807) is 0 Å². The first-order chi connectivity index (χ1) is 6.96. The second-order valence-electron chi connectivity index (χ2n) is 5.05. The molecular formula is C10H14F6. The van der Waals surface area contributed by atoms with E-state index < -0.39 is 36.0 Å². The van der Waals surface area contributed by atoms with Crippen LogP contribution in [-0.2, 0) is 0 Å². The molecule has 3 atom stereocenters. The van der Waals surface area contributed by atoms with Crippen molar-refractivity contribution in [2.24, 2.45) is 17.3 Å². The summed E-state index contributed by atoms with van der Waals surface area (Å²) in [5.74, 6) is -2.38. The smallest absolute Gasteiger partial charge is 0.171 e. The van der Waals surface area contributed by atoms with Gasteiger partial charge < -0.3 is 0 Å². The maximum absolute atomic E-state index is 12.7. The summed E-state index contributed by atoms with van der Waals surface area (Å²) >= 11 is 0. The normalized spacial score (nSPS) is 37.5. The average molecular weight is 248 g/mol. The van der Waals surface area contributed by atoms with Crippen LogP contribution in [0.15, 0.2) is 0 Å². The van der Waals surface area contributed by atoms with Crippen molar-refractivity contribution in [2.45, 2.75) is 45.5 Å². The van der Waals surface area contributed by atoms with E-state index in [1.807, 2.05) is 0 Å². The second-order valence-corrected chi connectivity index (χ2v) is 5.05. The lowest BCUT2D eigenvalue weighted by atomic mass is 9.66. The van der Waals surface area contributed by atoms with Gasteiger partial charge in [-0.25, -0.2) is 0 Å². The molecule has 0 aromatic rings. The molecule has 0 aromatic carbocycles. The Labute approximate surface area is 90.0 Å². The predicted octanol–water partition coefficient (Wildman–Crippen LogP) is 4.55. The van der Waals surface area contributed by atoms with Crippen LogP contribution in [0.5, 0.6) is 0 Å². The Balaban J connectivity index is 2.92. The van der Waals surface area contributed by atoms with E-state index in [4.69, 9.17) is 0 Å². The third kappa shape index (κ3) is 2.63. The minimum absolute atomic E-state index is 0.199. The fourth-order valence-corrected chi connectivity index (χ4v) is 2.53. The molecule has 0 nitrogen and oxygen atoms in total. The summed E-state index contributed by atoms with van der Waals surface area (Å²) in [7, 11) is 0. The first-order valence-corrected chi connectivity index (χ1v) is 5.09. The molecule has 0 aromatic heterocycles. The van der Waals surface area contributed by atoms with Crippen LogP contribution in [0.2, 0.25) is 0 Å². The van der Waals surface area contributed by atoms with Gasteiger partial charge in [-0.2, -0.15) is 26.3 Å². The molecule has 6 heteroatoms. The van der Waals surface area contributed by atoms with Crippen LogP contribution in [0.3, 0.4) is 0 Å². The Bertz CT molecular complexity index is 253. The van der Waals surface area contributed by atoms with Gasteiger partial charge in [0.15, 0.2) is 0 Å². The molecule has 1 rings (SSSR count). The summed E-state index contributed by atoms with van der Waals surface area (Å²) in [4.78, 5) is 0. The van der Waals surface area contributed by atoms with Gasteiger partial charge >= 0.3 is 12.4 Å². The third-order valence-electron chi connectivity index (χ3n) is 3.33.